The number of nitrogens with zero attached hydrogens (tertiary/aromatic N) is 5. The van der Waals surface area contributed by atoms with Crippen molar-refractivity contribution in [1.29, 1.82) is 0 Å². The van der Waals surface area contributed by atoms with E-state index in [0.717, 1.165) is 33.6 Å². The van der Waals surface area contributed by atoms with Gasteiger partial charge in [-0.05, 0) is 70.4 Å². The molecular weight excluding hydrogens is 442 g/mol. The van der Waals surface area contributed by atoms with Crippen LogP contribution in [0.15, 0.2) is 53.7 Å². The summed E-state index contributed by atoms with van der Waals surface area (Å²) in [5.41, 5.74) is 6.34. The van der Waals surface area contributed by atoms with Gasteiger partial charge in [0.15, 0.2) is 0 Å². The summed E-state index contributed by atoms with van der Waals surface area (Å²) in [4.78, 5) is 36.3. The maximum Gasteiger partial charge on any atom is 0.410 e. The zero-order valence-electron chi connectivity index (χ0n) is 20.7. The Morgan fingerprint density at radius 1 is 1.03 bits per heavy atom. The molecule has 0 spiro atoms. The molecule has 1 amide bonds. The van der Waals surface area contributed by atoms with Crippen LogP contribution in [-0.4, -0.2) is 48.5 Å². The zero-order valence-corrected chi connectivity index (χ0v) is 20.7. The molecule has 1 aliphatic heterocycles. The maximum atomic E-state index is 13.0. The SMILES string of the molecule is Cc1cn2cc(-c3cc(=O)n4cc(C5=CCN(C(=O)OC(C)(C)C)CC5)ccc4n3)cc2c(C)n1. The third-order valence-electron chi connectivity index (χ3n) is 6.08. The minimum Gasteiger partial charge on any atom is -0.444 e. The molecule has 180 valence electrons. The third kappa shape index (κ3) is 4.56. The molecule has 0 radical (unpaired) electrons. The van der Waals surface area contributed by atoms with Crippen LogP contribution >= 0.6 is 0 Å². The molecule has 0 unspecified atom stereocenters. The lowest BCUT2D eigenvalue weighted by Crippen LogP contribution is -2.39. The number of pyridine rings is 1. The number of hydrogen-bond acceptors (Lipinski definition) is 5. The number of fused-ring (bicyclic) bond motifs is 2. The van der Waals surface area contributed by atoms with Gasteiger partial charge in [0.05, 0.1) is 22.6 Å². The van der Waals surface area contributed by atoms with Crippen LogP contribution < -0.4 is 5.56 Å². The van der Waals surface area contributed by atoms with Gasteiger partial charge in [0.2, 0.25) is 0 Å². The van der Waals surface area contributed by atoms with Crippen molar-refractivity contribution in [2.45, 2.75) is 46.6 Å². The van der Waals surface area contributed by atoms with Gasteiger partial charge in [-0.1, -0.05) is 6.08 Å². The second-order valence-corrected chi connectivity index (χ2v) is 10.0. The molecular formula is C27H29N5O3. The number of rotatable bonds is 2. The fourth-order valence-corrected chi connectivity index (χ4v) is 4.43. The Morgan fingerprint density at radius 2 is 1.83 bits per heavy atom. The summed E-state index contributed by atoms with van der Waals surface area (Å²) in [6.45, 7) is 10.6. The van der Waals surface area contributed by atoms with Crippen LogP contribution in [0, 0.1) is 13.8 Å². The fraction of sp³-hybridized carbons (Fsp3) is 0.333. The van der Waals surface area contributed by atoms with Crippen LogP contribution in [0.25, 0.3) is 28.0 Å². The predicted molar refractivity (Wildman–Crippen MR) is 136 cm³/mol. The van der Waals surface area contributed by atoms with Crippen LogP contribution in [0.3, 0.4) is 0 Å². The monoisotopic (exact) mass is 471 g/mol. The molecule has 4 aromatic rings. The fourth-order valence-electron chi connectivity index (χ4n) is 4.43. The third-order valence-corrected chi connectivity index (χ3v) is 6.08. The first-order valence-electron chi connectivity index (χ1n) is 11.7. The van der Waals surface area contributed by atoms with Gasteiger partial charge in [-0.2, -0.15) is 0 Å². The van der Waals surface area contributed by atoms with Crippen LogP contribution in [-0.2, 0) is 4.74 Å². The van der Waals surface area contributed by atoms with Gasteiger partial charge in [-0.25, -0.2) is 9.78 Å². The van der Waals surface area contributed by atoms with Crippen LogP contribution in [0.5, 0.6) is 0 Å². The number of ether oxygens (including phenoxy) is 1. The number of aromatic nitrogens is 4. The first-order valence-corrected chi connectivity index (χ1v) is 11.7. The molecule has 0 bridgehead atoms. The molecule has 5 rings (SSSR count). The van der Waals surface area contributed by atoms with E-state index in [4.69, 9.17) is 9.72 Å². The van der Waals surface area contributed by atoms with Crippen molar-refractivity contribution in [2.24, 2.45) is 0 Å². The standard InChI is InChI=1S/C27H29N5O3/c1-17-14-31-15-21(12-23(31)18(2)28-17)22-13-25(33)32-16-20(6-7-24(32)29-22)19-8-10-30(11-9-19)26(34)35-27(3,4)5/h6-8,12-16H,9-11H2,1-5H3. The van der Waals surface area contributed by atoms with E-state index in [1.807, 2.05) is 81.9 Å². The lowest BCUT2D eigenvalue weighted by molar-refractivity contribution is 0.0270. The molecule has 0 aromatic carbocycles. The average Bonchev–Trinajstić information content (AvgIpc) is 3.22. The zero-order chi connectivity index (χ0) is 24.9. The van der Waals surface area contributed by atoms with E-state index in [2.05, 4.69) is 4.98 Å². The summed E-state index contributed by atoms with van der Waals surface area (Å²) in [5.74, 6) is 0. The van der Waals surface area contributed by atoms with Crippen LogP contribution in [0.1, 0.15) is 44.1 Å². The van der Waals surface area contributed by atoms with Crippen molar-refractivity contribution in [3.8, 4) is 11.3 Å². The Labute approximate surface area is 203 Å². The number of amides is 1. The number of carbonyl (C=O) groups is 1. The minimum atomic E-state index is -0.519. The molecule has 0 atom stereocenters. The summed E-state index contributed by atoms with van der Waals surface area (Å²) in [6.07, 6.45) is 8.18. The Hall–Kier alpha value is -3.94. The van der Waals surface area contributed by atoms with Gasteiger partial charge in [-0.3, -0.25) is 14.2 Å². The summed E-state index contributed by atoms with van der Waals surface area (Å²) >= 11 is 0. The molecule has 0 aliphatic carbocycles. The molecule has 8 nitrogen and oxygen atoms in total. The van der Waals surface area contributed by atoms with E-state index in [0.29, 0.717) is 30.9 Å². The topological polar surface area (TPSA) is 81.2 Å². The van der Waals surface area contributed by atoms with Crippen molar-refractivity contribution in [3.05, 3.63) is 76.2 Å². The molecule has 0 saturated heterocycles. The van der Waals surface area contributed by atoms with Crippen LogP contribution in [0.4, 0.5) is 4.79 Å². The van der Waals surface area contributed by atoms with Gasteiger partial charge < -0.3 is 14.0 Å². The van der Waals surface area contributed by atoms with Gasteiger partial charge in [0, 0.05) is 43.3 Å². The van der Waals surface area contributed by atoms with E-state index in [1.54, 1.807) is 15.4 Å². The normalized spacial score (nSPS) is 14.4. The lowest BCUT2D eigenvalue weighted by atomic mass is 10.0. The minimum absolute atomic E-state index is 0.139. The van der Waals surface area contributed by atoms with E-state index in [9.17, 15) is 9.59 Å². The predicted octanol–water partition coefficient (Wildman–Crippen LogP) is 4.65. The van der Waals surface area contributed by atoms with Crippen molar-refractivity contribution < 1.29 is 9.53 Å². The molecule has 1 aliphatic rings. The molecule has 4 aromatic heterocycles. The number of aryl methyl sites for hydroxylation is 2. The maximum absolute atomic E-state index is 13.0. The Bertz CT molecular complexity index is 1560. The van der Waals surface area contributed by atoms with Gasteiger partial charge in [-0.15, -0.1) is 0 Å². The summed E-state index contributed by atoms with van der Waals surface area (Å²) in [5, 5.41) is 0. The Balaban J connectivity index is 1.43. The van der Waals surface area contributed by atoms with E-state index in [1.165, 1.54) is 0 Å². The van der Waals surface area contributed by atoms with E-state index >= 15 is 0 Å². The van der Waals surface area contributed by atoms with Crippen molar-refractivity contribution in [1.82, 2.24) is 23.7 Å². The second kappa shape index (κ2) is 8.37. The molecule has 0 fully saturated rings. The summed E-state index contributed by atoms with van der Waals surface area (Å²) in [7, 11) is 0. The van der Waals surface area contributed by atoms with E-state index < -0.39 is 5.60 Å². The first-order chi connectivity index (χ1) is 16.6. The highest BCUT2D eigenvalue weighted by molar-refractivity contribution is 5.74. The second-order valence-electron chi connectivity index (χ2n) is 10.0. The van der Waals surface area contributed by atoms with Crippen molar-refractivity contribution >= 4 is 22.8 Å². The highest BCUT2D eigenvalue weighted by Crippen LogP contribution is 2.25. The summed E-state index contributed by atoms with van der Waals surface area (Å²) < 4.78 is 9.07. The Morgan fingerprint density at radius 3 is 2.54 bits per heavy atom. The van der Waals surface area contributed by atoms with Crippen molar-refractivity contribution in [2.75, 3.05) is 13.1 Å². The van der Waals surface area contributed by atoms with E-state index in [-0.39, 0.29) is 11.7 Å². The largest absolute Gasteiger partial charge is 0.444 e. The lowest BCUT2D eigenvalue weighted by Gasteiger charge is -2.29. The first kappa shape index (κ1) is 22.8. The summed E-state index contributed by atoms with van der Waals surface area (Å²) in [6, 6.07) is 7.43. The molecule has 8 heteroatoms. The number of carbonyl (C=O) groups excluding carboxylic acids is 1. The molecule has 5 heterocycles. The molecule has 35 heavy (non-hydrogen) atoms. The van der Waals surface area contributed by atoms with Gasteiger partial charge in [0.25, 0.3) is 5.56 Å². The quantitative estimate of drug-likeness (QED) is 0.425. The number of hydrogen-bond donors (Lipinski definition) is 0. The highest BCUT2D eigenvalue weighted by atomic mass is 16.6. The van der Waals surface area contributed by atoms with Gasteiger partial charge in [0.1, 0.15) is 11.2 Å². The average molecular weight is 472 g/mol. The van der Waals surface area contributed by atoms with Crippen molar-refractivity contribution in [3.63, 3.8) is 0 Å². The Kier molecular flexibility index (Phi) is 5.46. The smallest absolute Gasteiger partial charge is 0.410 e. The molecule has 0 N–H and O–H groups in total. The highest BCUT2D eigenvalue weighted by Gasteiger charge is 2.24. The van der Waals surface area contributed by atoms with Gasteiger partial charge >= 0.3 is 6.09 Å². The van der Waals surface area contributed by atoms with Crippen LogP contribution in [0.2, 0.25) is 0 Å². The molecule has 0 saturated carbocycles.